The zero-order valence-electron chi connectivity index (χ0n) is 17.2. The number of pyridine rings is 2. The molecular formula is C22H25N5O2. The molecule has 0 amide bonds. The minimum atomic E-state index is -0.183. The summed E-state index contributed by atoms with van der Waals surface area (Å²) in [4.78, 5) is 23.4. The average molecular weight is 391 g/mol. The molecule has 2 atom stereocenters. The van der Waals surface area contributed by atoms with Gasteiger partial charge in [-0.3, -0.25) is 14.8 Å². The van der Waals surface area contributed by atoms with Crippen LogP contribution in [-0.4, -0.2) is 33.4 Å². The van der Waals surface area contributed by atoms with Crippen LogP contribution < -0.4 is 15.2 Å². The van der Waals surface area contributed by atoms with Gasteiger partial charge in [-0.25, -0.2) is 4.68 Å². The third-order valence-corrected chi connectivity index (χ3v) is 5.38. The Morgan fingerprint density at radius 1 is 1.21 bits per heavy atom. The number of hydrogen-bond acceptors (Lipinski definition) is 6. The summed E-state index contributed by atoms with van der Waals surface area (Å²) in [5.74, 6) is 1.30. The Hall–Kier alpha value is -3.22. The van der Waals surface area contributed by atoms with Crippen molar-refractivity contribution in [3.63, 3.8) is 0 Å². The van der Waals surface area contributed by atoms with E-state index in [-0.39, 0.29) is 5.56 Å². The summed E-state index contributed by atoms with van der Waals surface area (Å²) < 4.78 is 7.27. The molecule has 0 radical (unpaired) electrons. The van der Waals surface area contributed by atoms with E-state index in [1.165, 1.54) is 4.68 Å². The molecule has 3 aromatic rings. The summed E-state index contributed by atoms with van der Waals surface area (Å²) in [6.07, 6.45) is 2.88. The van der Waals surface area contributed by atoms with Gasteiger partial charge >= 0.3 is 0 Å². The van der Waals surface area contributed by atoms with Gasteiger partial charge in [0, 0.05) is 49.6 Å². The summed E-state index contributed by atoms with van der Waals surface area (Å²) >= 11 is 0. The van der Waals surface area contributed by atoms with Crippen LogP contribution in [0, 0.1) is 19.8 Å². The first-order chi connectivity index (χ1) is 13.9. The third-order valence-electron chi connectivity index (χ3n) is 5.38. The normalized spacial score (nSPS) is 17.8. The lowest BCUT2D eigenvalue weighted by atomic mass is 10.2. The van der Waals surface area contributed by atoms with Crippen molar-refractivity contribution in [2.24, 2.45) is 13.0 Å². The van der Waals surface area contributed by atoms with Crippen molar-refractivity contribution in [2.45, 2.75) is 26.2 Å². The summed E-state index contributed by atoms with van der Waals surface area (Å²) in [5, 5.41) is 4.27. The maximum atomic E-state index is 12.7. The molecule has 0 aromatic carbocycles. The van der Waals surface area contributed by atoms with Crippen LogP contribution in [-0.2, 0) is 7.05 Å². The van der Waals surface area contributed by atoms with Crippen LogP contribution in [0.5, 0.6) is 5.88 Å². The van der Waals surface area contributed by atoms with Crippen molar-refractivity contribution in [1.29, 1.82) is 0 Å². The molecule has 0 spiro atoms. The highest BCUT2D eigenvalue weighted by Crippen LogP contribution is 2.46. The van der Waals surface area contributed by atoms with E-state index in [2.05, 4.69) is 21.1 Å². The summed E-state index contributed by atoms with van der Waals surface area (Å²) in [6, 6.07) is 11.6. The largest absolute Gasteiger partial charge is 0.476 e. The smallest absolute Gasteiger partial charge is 0.290 e. The van der Waals surface area contributed by atoms with Gasteiger partial charge < -0.3 is 9.64 Å². The number of hydrogen-bond donors (Lipinski definition) is 0. The van der Waals surface area contributed by atoms with Gasteiger partial charge in [-0.1, -0.05) is 6.07 Å². The lowest BCUT2D eigenvalue weighted by molar-refractivity contribution is 0.278. The first kappa shape index (κ1) is 19.1. The molecule has 3 aromatic heterocycles. The minimum Gasteiger partial charge on any atom is -0.476 e. The second kappa shape index (κ2) is 7.66. The quantitative estimate of drug-likeness (QED) is 0.643. The Bertz CT molecular complexity index is 1080. The number of aryl methyl sites for hydroxylation is 3. The van der Waals surface area contributed by atoms with Gasteiger partial charge in [0.1, 0.15) is 5.69 Å². The first-order valence-corrected chi connectivity index (χ1v) is 9.74. The van der Waals surface area contributed by atoms with Crippen LogP contribution in [0.15, 0.2) is 47.4 Å². The Morgan fingerprint density at radius 3 is 2.76 bits per heavy atom. The average Bonchev–Trinajstić information content (AvgIpc) is 3.49. The van der Waals surface area contributed by atoms with Gasteiger partial charge in [0.05, 0.1) is 18.0 Å². The molecule has 1 aliphatic rings. The molecular weight excluding hydrogens is 366 g/mol. The van der Waals surface area contributed by atoms with Gasteiger partial charge in [0.2, 0.25) is 5.88 Å². The molecule has 1 aliphatic carbocycles. The Labute approximate surface area is 170 Å². The second-order valence-corrected chi connectivity index (χ2v) is 7.58. The van der Waals surface area contributed by atoms with Crippen molar-refractivity contribution in [3.05, 3.63) is 70.0 Å². The number of nitrogens with zero attached hydrogens (tertiary/aromatic N) is 5. The van der Waals surface area contributed by atoms with Crippen LogP contribution in [0.3, 0.4) is 0 Å². The third kappa shape index (κ3) is 3.99. The van der Waals surface area contributed by atoms with Gasteiger partial charge in [-0.05, 0) is 44.5 Å². The molecule has 3 heterocycles. The van der Waals surface area contributed by atoms with Crippen LogP contribution in [0.2, 0.25) is 0 Å². The van der Waals surface area contributed by atoms with Gasteiger partial charge in [0.15, 0.2) is 0 Å². The van der Waals surface area contributed by atoms with Gasteiger partial charge in [-0.2, -0.15) is 0 Å². The van der Waals surface area contributed by atoms with Crippen LogP contribution >= 0.6 is 0 Å². The van der Waals surface area contributed by atoms with Crippen LogP contribution in [0.4, 0.5) is 11.4 Å². The molecule has 150 valence electrons. The van der Waals surface area contributed by atoms with Crippen LogP contribution in [0.1, 0.15) is 29.4 Å². The number of ether oxygens (including phenoxy) is 1. The first-order valence-electron chi connectivity index (χ1n) is 9.74. The predicted molar refractivity (Wildman–Crippen MR) is 112 cm³/mol. The van der Waals surface area contributed by atoms with E-state index in [1.54, 1.807) is 13.1 Å². The monoisotopic (exact) mass is 391 g/mol. The number of rotatable bonds is 6. The van der Waals surface area contributed by atoms with Crippen molar-refractivity contribution in [2.75, 3.05) is 18.6 Å². The Kier molecular flexibility index (Phi) is 5.05. The Balaban J connectivity index is 1.51. The van der Waals surface area contributed by atoms with E-state index in [1.807, 2.05) is 56.3 Å². The molecule has 7 heteroatoms. The molecule has 29 heavy (non-hydrogen) atoms. The van der Waals surface area contributed by atoms with E-state index in [0.717, 1.165) is 29.2 Å². The molecule has 0 saturated heterocycles. The van der Waals surface area contributed by atoms with E-state index >= 15 is 0 Å². The maximum Gasteiger partial charge on any atom is 0.290 e. The standard InChI is InChI=1S/C22H25N5O2/c1-14-8-9-19(15(2)24-14)26(3)20-12-21(25-27(4)22(20)28)29-13-16-11-17(16)18-7-5-6-10-23-18/h5-10,12,16-17H,11,13H2,1-4H3/t16-,17+/m1/s1. The topological polar surface area (TPSA) is 73.1 Å². The van der Waals surface area contributed by atoms with Crippen molar-refractivity contribution >= 4 is 11.4 Å². The predicted octanol–water partition coefficient (Wildman–Crippen LogP) is 3.14. The summed E-state index contributed by atoms with van der Waals surface area (Å²) in [5.41, 5.74) is 4.11. The molecule has 4 rings (SSSR count). The second-order valence-electron chi connectivity index (χ2n) is 7.58. The zero-order valence-corrected chi connectivity index (χ0v) is 17.2. The molecule has 7 nitrogen and oxygen atoms in total. The minimum absolute atomic E-state index is 0.183. The van der Waals surface area contributed by atoms with E-state index in [9.17, 15) is 4.79 Å². The highest BCUT2D eigenvalue weighted by atomic mass is 16.5. The summed E-state index contributed by atoms with van der Waals surface area (Å²) in [7, 11) is 3.50. The number of anilines is 2. The fourth-order valence-corrected chi connectivity index (χ4v) is 3.62. The molecule has 0 aliphatic heterocycles. The maximum absolute atomic E-state index is 12.7. The lowest BCUT2D eigenvalue weighted by Crippen LogP contribution is -2.28. The van der Waals surface area contributed by atoms with Gasteiger partial charge in [0.25, 0.3) is 5.56 Å². The zero-order chi connectivity index (χ0) is 20.5. The fraction of sp³-hybridized carbons (Fsp3) is 0.364. The molecule has 0 N–H and O–H groups in total. The van der Waals surface area contributed by atoms with Gasteiger partial charge in [-0.15, -0.1) is 5.10 Å². The lowest BCUT2D eigenvalue weighted by Gasteiger charge is -2.21. The van der Waals surface area contributed by atoms with Crippen molar-refractivity contribution in [1.82, 2.24) is 19.7 Å². The van der Waals surface area contributed by atoms with E-state index < -0.39 is 0 Å². The highest BCUT2D eigenvalue weighted by molar-refractivity contribution is 5.64. The molecule has 1 fully saturated rings. The molecule has 0 unspecified atom stereocenters. The van der Waals surface area contributed by atoms with E-state index in [4.69, 9.17) is 4.74 Å². The molecule has 0 bridgehead atoms. The van der Waals surface area contributed by atoms with E-state index in [0.29, 0.717) is 30.0 Å². The SMILES string of the molecule is Cc1ccc(N(C)c2cc(OC[C@H]3C[C@@H]3c3ccccn3)nn(C)c2=O)c(C)n1. The van der Waals surface area contributed by atoms with Crippen molar-refractivity contribution < 1.29 is 4.74 Å². The summed E-state index contributed by atoms with van der Waals surface area (Å²) in [6.45, 7) is 4.44. The van der Waals surface area contributed by atoms with Crippen molar-refractivity contribution in [3.8, 4) is 5.88 Å². The fourth-order valence-electron chi connectivity index (χ4n) is 3.62. The highest BCUT2D eigenvalue weighted by Gasteiger charge is 2.40. The van der Waals surface area contributed by atoms with Crippen LogP contribution in [0.25, 0.3) is 0 Å². The number of aromatic nitrogens is 4. The molecule has 1 saturated carbocycles. The Morgan fingerprint density at radius 2 is 2.03 bits per heavy atom.